The van der Waals surface area contributed by atoms with Crippen molar-refractivity contribution in [1.82, 2.24) is 0 Å². The van der Waals surface area contributed by atoms with Gasteiger partial charge in [-0.25, -0.2) is 0 Å². The van der Waals surface area contributed by atoms with Gasteiger partial charge in [0.1, 0.15) is 0 Å². The summed E-state index contributed by atoms with van der Waals surface area (Å²) in [5.74, 6) is 0.928. The van der Waals surface area contributed by atoms with Gasteiger partial charge in [-0.05, 0) is 39.5 Å². The monoisotopic (exact) mass is 164 g/mol. The molecule has 0 spiro atoms. The van der Waals surface area contributed by atoms with Gasteiger partial charge in [0.2, 0.25) is 0 Å². The van der Waals surface area contributed by atoms with Crippen LogP contribution in [-0.4, -0.2) is 5.78 Å². The Hall–Kier alpha value is -0.850. The molecule has 0 aromatic carbocycles. The number of carbonyl (C=O) groups excluding carboxylic acids is 1. The Bertz CT molecular complexity index is 242. The second-order valence-electron chi connectivity index (χ2n) is 3.46. The van der Waals surface area contributed by atoms with Crippen molar-refractivity contribution in [3.63, 3.8) is 0 Å². The SMILES string of the molecule is C/C=C(\C=C(/C)C1CC1)C(C)=O. The molecule has 0 unspecified atom stereocenters. The van der Waals surface area contributed by atoms with E-state index in [1.807, 2.05) is 19.1 Å². The van der Waals surface area contributed by atoms with E-state index >= 15 is 0 Å². The molecule has 0 amide bonds. The van der Waals surface area contributed by atoms with Gasteiger partial charge in [-0.1, -0.05) is 17.7 Å². The van der Waals surface area contributed by atoms with Gasteiger partial charge in [0.15, 0.2) is 5.78 Å². The first-order valence-corrected chi connectivity index (χ1v) is 4.50. The molecule has 0 atom stereocenters. The van der Waals surface area contributed by atoms with Gasteiger partial charge >= 0.3 is 0 Å². The molecule has 1 fully saturated rings. The van der Waals surface area contributed by atoms with Crippen LogP contribution in [0, 0.1) is 5.92 Å². The van der Waals surface area contributed by atoms with Gasteiger partial charge in [-0.2, -0.15) is 0 Å². The van der Waals surface area contributed by atoms with E-state index in [9.17, 15) is 4.79 Å². The van der Waals surface area contributed by atoms with Gasteiger partial charge in [0.05, 0.1) is 0 Å². The third-order valence-corrected chi connectivity index (χ3v) is 2.32. The largest absolute Gasteiger partial charge is 0.295 e. The van der Waals surface area contributed by atoms with E-state index in [0.29, 0.717) is 0 Å². The summed E-state index contributed by atoms with van der Waals surface area (Å²) < 4.78 is 0. The fraction of sp³-hybridized carbons (Fsp3) is 0.545. The Kier molecular flexibility index (Phi) is 2.85. The van der Waals surface area contributed by atoms with Gasteiger partial charge in [-0.15, -0.1) is 0 Å². The fourth-order valence-electron chi connectivity index (χ4n) is 1.29. The van der Waals surface area contributed by atoms with Crippen LogP contribution in [0.25, 0.3) is 0 Å². The average Bonchev–Trinajstić information content (AvgIpc) is 2.80. The normalized spacial score (nSPS) is 19.6. The van der Waals surface area contributed by atoms with Crippen LogP contribution in [0.2, 0.25) is 0 Å². The van der Waals surface area contributed by atoms with E-state index in [-0.39, 0.29) is 5.78 Å². The van der Waals surface area contributed by atoms with Crippen molar-refractivity contribution in [3.8, 4) is 0 Å². The van der Waals surface area contributed by atoms with Crippen LogP contribution in [0.3, 0.4) is 0 Å². The van der Waals surface area contributed by atoms with Crippen molar-refractivity contribution in [2.24, 2.45) is 5.92 Å². The summed E-state index contributed by atoms with van der Waals surface area (Å²) in [7, 11) is 0. The number of ketones is 1. The Morgan fingerprint density at radius 1 is 1.33 bits per heavy atom. The minimum absolute atomic E-state index is 0.164. The van der Waals surface area contributed by atoms with E-state index in [0.717, 1.165) is 11.5 Å². The van der Waals surface area contributed by atoms with Crippen LogP contribution in [0.1, 0.15) is 33.6 Å². The number of allylic oxidation sites excluding steroid dienone is 4. The van der Waals surface area contributed by atoms with Gasteiger partial charge < -0.3 is 0 Å². The van der Waals surface area contributed by atoms with E-state index in [4.69, 9.17) is 0 Å². The van der Waals surface area contributed by atoms with Crippen molar-refractivity contribution >= 4 is 5.78 Å². The lowest BCUT2D eigenvalue weighted by Gasteiger charge is -1.98. The smallest absolute Gasteiger partial charge is 0.159 e. The maximum absolute atomic E-state index is 11.0. The van der Waals surface area contributed by atoms with Crippen LogP contribution < -0.4 is 0 Å². The lowest BCUT2D eigenvalue weighted by molar-refractivity contribution is -0.113. The van der Waals surface area contributed by atoms with Crippen LogP contribution in [0.4, 0.5) is 0 Å². The van der Waals surface area contributed by atoms with Gasteiger partial charge in [0, 0.05) is 5.57 Å². The molecule has 0 aromatic rings. The highest BCUT2D eigenvalue weighted by Crippen LogP contribution is 2.36. The number of Topliss-reactive ketones (excluding diaryl/α,β-unsaturated/α-hetero) is 1. The van der Waals surface area contributed by atoms with Crippen molar-refractivity contribution in [2.45, 2.75) is 33.6 Å². The summed E-state index contributed by atoms with van der Waals surface area (Å²) >= 11 is 0. The predicted octanol–water partition coefficient (Wildman–Crippen LogP) is 2.88. The second kappa shape index (κ2) is 3.70. The quantitative estimate of drug-likeness (QED) is 0.463. The Morgan fingerprint density at radius 2 is 1.92 bits per heavy atom. The Labute approximate surface area is 74.2 Å². The molecule has 0 aliphatic heterocycles. The molecule has 0 saturated heterocycles. The molecule has 66 valence electrons. The molecule has 0 radical (unpaired) electrons. The van der Waals surface area contributed by atoms with E-state index in [1.165, 1.54) is 18.4 Å². The molecule has 1 aliphatic rings. The molecule has 1 heteroatoms. The summed E-state index contributed by atoms with van der Waals surface area (Å²) in [4.78, 5) is 11.0. The number of rotatable bonds is 3. The molecule has 1 saturated carbocycles. The van der Waals surface area contributed by atoms with Crippen LogP contribution in [0.15, 0.2) is 23.3 Å². The topological polar surface area (TPSA) is 17.1 Å². The molecule has 1 aliphatic carbocycles. The summed E-state index contributed by atoms with van der Waals surface area (Å²) in [6, 6.07) is 0. The molecule has 12 heavy (non-hydrogen) atoms. The maximum Gasteiger partial charge on any atom is 0.159 e. The van der Waals surface area contributed by atoms with Crippen molar-refractivity contribution in [3.05, 3.63) is 23.3 Å². The summed E-state index contributed by atoms with van der Waals surface area (Å²) in [5, 5.41) is 0. The first kappa shape index (κ1) is 9.24. The predicted molar refractivity (Wildman–Crippen MR) is 50.9 cm³/mol. The van der Waals surface area contributed by atoms with Crippen LogP contribution in [0.5, 0.6) is 0 Å². The standard InChI is InChI=1S/C11H16O/c1-4-10(9(3)12)7-8(2)11-5-6-11/h4,7,11H,5-6H2,1-3H3/b8-7+,10-4+. The minimum Gasteiger partial charge on any atom is -0.295 e. The summed E-state index contributed by atoms with van der Waals surface area (Å²) in [6.45, 7) is 5.64. The highest BCUT2D eigenvalue weighted by atomic mass is 16.1. The zero-order valence-corrected chi connectivity index (χ0v) is 8.05. The Balaban J connectivity index is 2.68. The zero-order chi connectivity index (χ0) is 9.14. The first-order valence-electron chi connectivity index (χ1n) is 4.50. The van der Waals surface area contributed by atoms with E-state index < -0.39 is 0 Å². The lowest BCUT2D eigenvalue weighted by Crippen LogP contribution is -1.94. The van der Waals surface area contributed by atoms with E-state index in [2.05, 4.69) is 6.92 Å². The van der Waals surface area contributed by atoms with Crippen molar-refractivity contribution in [1.29, 1.82) is 0 Å². The zero-order valence-electron chi connectivity index (χ0n) is 8.05. The van der Waals surface area contributed by atoms with Crippen LogP contribution in [-0.2, 0) is 4.79 Å². The number of carbonyl (C=O) groups is 1. The fourth-order valence-corrected chi connectivity index (χ4v) is 1.29. The van der Waals surface area contributed by atoms with Crippen molar-refractivity contribution in [2.75, 3.05) is 0 Å². The lowest BCUT2D eigenvalue weighted by atomic mass is 10.1. The molecule has 0 aromatic heterocycles. The molecule has 0 N–H and O–H groups in total. The highest BCUT2D eigenvalue weighted by Gasteiger charge is 2.23. The molecule has 0 heterocycles. The van der Waals surface area contributed by atoms with E-state index in [1.54, 1.807) is 6.92 Å². The first-order chi connectivity index (χ1) is 5.65. The minimum atomic E-state index is 0.164. The molecule has 1 rings (SSSR count). The molecule has 0 bridgehead atoms. The molecular formula is C11H16O. The third kappa shape index (κ3) is 2.33. The number of hydrogen-bond donors (Lipinski definition) is 0. The number of hydrogen-bond acceptors (Lipinski definition) is 1. The second-order valence-corrected chi connectivity index (χ2v) is 3.46. The van der Waals surface area contributed by atoms with Gasteiger partial charge in [-0.3, -0.25) is 4.79 Å². The van der Waals surface area contributed by atoms with Gasteiger partial charge in [0.25, 0.3) is 0 Å². The summed E-state index contributed by atoms with van der Waals surface area (Å²) in [5.41, 5.74) is 2.21. The van der Waals surface area contributed by atoms with Crippen molar-refractivity contribution < 1.29 is 4.79 Å². The molecule has 1 nitrogen and oxygen atoms in total. The van der Waals surface area contributed by atoms with Crippen LogP contribution >= 0.6 is 0 Å². The third-order valence-electron chi connectivity index (χ3n) is 2.32. The maximum atomic E-state index is 11.0. The molecular weight excluding hydrogens is 148 g/mol. The average molecular weight is 164 g/mol. The summed E-state index contributed by atoms with van der Waals surface area (Å²) in [6.07, 6.45) is 6.52. The highest BCUT2D eigenvalue weighted by molar-refractivity contribution is 5.96. The Morgan fingerprint density at radius 3 is 2.25 bits per heavy atom.